The number of hydrogen-bond donors (Lipinski definition) is 3. The molecule has 1 amide bonds. The molecule has 0 spiro atoms. The van der Waals surface area contributed by atoms with Gasteiger partial charge in [0.1, 0.15) is 0 Å². The molecule has 7 heteroatoms. The Kier molecular flexibility index (Phi) is 10.6. The van der Waals surface area contributed by atoms with Gasteiger partial charge in [0.25, 0.3) is 0 Å². The summed E-state index contributed by atoms with van der Waals surface area (Å²) in [7, 11) is 1.77. The smallest absolute Gasteiger partial charge is 0.407 e. The number of hydrogen-bond acceptors (Lipinski definition) is 4. The van der Waals surface area contributed by atoms with E-state index >= 15 is 0 Å². The molecule has 0 radical (unpaired) electrons. The zero-order chi connectivity index (χ0) is 21.2. The van der Waals surface area contributed by atoms with Crippen LogP contribution < -0.4 is 16.0 Å². The van der Waals surface area contributed by atoms with Crippen LogP contribution in [0.5, 0.6) is 0 Å². The van der Waals surface area contributed by atoms with Crippen molar-refractivity contribution in [1.82, 2.24) is 16.0 Å². The number of carbonyl (C=O) groups excluding carboxylic acids is 1. The van der Waals surface area contributed by atoms with Crippen molar-refractivity contribution in [1.29, 1.82) is 0 Å². The molecule has 7 nitrogen and oxygen atoms in total. The fraction of sp³-hybridized carbons (Fsp3) is 0.905. The first-order valence-corrected chi connectivity index (χ1v) is 10.7. The van der Waals surface area contributed by atoms with E-state index in [0.29, 0.717) is 25.0 Å². The lowest BCUT2D eigenvalue weighted by Gasteiger charge is -2.40. The number of alkyl carbamates (subject to hydrolysis) is 1. The molecule has 1 saturated heterocycles. The van der Waals surface area contributed by atoms with Crippen molar-refractivity contribution in [3.63, 3.8) is 0 Å². The molecule has 1 aliphatic heterocycles. The van der Waals surface area contributed by atoms with E-state index in [4.69, 9.17) is 9.47 Å². The Morgan fingerprint density at radius 3 is 2.57 bits per heavy atom. The lowest BCUT2D eigenvalue weighted by Crippen LogP contribution is -2.50. The van der Waals surface area contributed by atoms with Gasteiger partial charge in [0.15, 0.2) is 5.96 Å². The third kappa shape index (κ3) is 9.13. The van der Waals surface area contributed by atoms with Crippen LogP contribution in [0.4, 0.5) is 4.79 Å². The standard InChI is InChI=1S/C21H42N4O3/c1-8-27-20(26)25-17(12-15(2)3)14-24-19(22-7)23-13-16-10-9-11-28-18(16)21(4,5)6/h15-18H,8-14H2,1-7H3,(H,25,26)(H2,22,23,24). The predicted octanol–water partition coefficient (Wildman–Crippen LogP) is 3.15. The summed E-state index contributed by atoms with van der Waals surface area (Å²) in [6, 6.07) is -0.0158. The van der Waals surface area contributed by atoms with Crippen molar-refractivity contribution in [3.05, 3.63) is 0 Å². The van der Waals surface area contributed by atoms with Gasteiger partial charge in [-0.1, -0.05) is 34.6 Å². The van der Waals surface area contributed by atoms with E-state index in [1.165, 1.54) is 0 Å². The highest BCUT2D eigenvalue weighted by molar-refractivity contribution is 5.79. The van der Waals surface area contributed by atoms with Crippen LogP contribution in [0.2, 0.25) is 0 Å². The van der Waals surface area contributed by atoms with Crippen molar-refractivity contribution in [2.24, 2.45) is 22.2 Å². The lowest BCUT2D eigenvalue weighted by molar-refractivity contribution is -0.0835. The molecule has 1 fully saturated rings. The van der Waals surface area contributed by atoms with E-state index in [9.17, 15) is 4.79 Å². The van der Waals surface area contributed by atoms with Crippen LogP contribution in [-0.2, 0) is 9.47 Å². The summed E-state index contributed by atoms with van der Waals surface area (Å²) in [5.41, 5.74) is 0.121. The minimum atomic E-state index is -0.370. The topological polar surface area (TPSA) is 84.0 Å². The largest absolute Gasteiger partial charge is 0.450 e. The molecule has 0 bridgehead atoms. The molecule has 28 heavy (non-hydrogen) atoms. The van der Waals surface area contributed by atoms with Gasteiger partial charge in [-0.05, 0) is 37.5 Å². The normalized spacial score (nSPS) is 21.9. The Morgan fingerprint density at radius 1 is 1.29 bits per heavy atom. The van der Waals surface area contributed by atoms with Gasteiger partial charge in [-0.3, -0.25) is 4.99 Å². The molecule has 0 aromatic heterocycles. The van der Waals surface area contributed by atoms with Crippen molar-refractivity contribution in [2.45, 2.75) is 73.0 Å². The van der Waals surface area contributed by atoms with Crippen molar-refractivity contribution >= 4 is 12.1 Å². The number of aliphatic imine (C=N–C) groups is 1. The Labute approximate surface area is 171 Å². The third-order valence-corrected chi connectivity index (χ3v) is 4.92. The molecule has 3 N–H and O–H groups in total. The summed E-state index contributed by atoms with van der Waals surface area (Å²) in [4.78, 5) is 16.1. The zero-order valence-corrected chi connectivity index (χ0v) is 18.9. The summed E-state index contributed by atoms with van der Waals surface area (Å²) in [6.07, 6.45) is 3.00. The molecule has 0 aromatic carbocycles. The van der Waals surface area contributed by atoms with Crippen LogP contribution in [0.15, 0.2) is 4.99 Å². The number of nitrogens with zero attached hydrogens (tertiary/aromatic N) is 1. The van der Waals surface area contributed by atoms with Gasteiger partial charge in [0, 0.05) is 38.7 Å². The van der Waals surface area contributed by atoms with Crippen LogP contribution in [0.1, 0.15) is 60.8 Å². The third-order valence-electron chi connectivity index (χ3n) is 4.92. The van der Waals surface area contributed by atoms with Crippen molar-refractivity contribution in [3.8, 4) is 0 Å². The van der Waals surface area contributed by atoms with E-state index in [0.717, 1.165) is 38.4 Å². The van der Waals surface area contributed by atoms with Crippen LogP contribution in [0.25, 0.3) is 0 Å². The maximum absolute atomic E-state index is 11.8. The first-order valence-electron chi connectivity index (χ1n) is 10.7. The summed E-state index contributed by atoms with van der Waals surface area (Å²) in [5.74, 6) is 1.67. The molecular formula is C21H42N4O3. The highest BCUT2D eigenvalue weighted by Crippen LogP contribution is 2.33. The molecular weight excluding hydrogens is 356 g/mol. The molecule has 0 saturated carbocycles. The number of nitrogens with one attached hydrogen (secondary N) is 3. The lowest BCUT2D eigenvalue weighted by atomic mass is 9.78. The first-order chi connectivity index (χ1) is 13.2. The van der Waals surface area contributed by atoms with E-state index in [-0.39, 0.29) is 23.7 Å². The minimum Gasteiger partial charge on any atom is -0.450 e. The fourth-order valence-electron chi connectivity index (χ4n) is 3.78. The van der Waals surface area contributed by atoms with Gasteiger partial charge in [-0.15, -0.1) is 0 Å². The zero-order valence-electron chi connectivity index (χ0n) is 18.9. The van der Waals surface area contributed by atoms with Gasteiger partial charge >= 0.3 is 6.09 Å². The number of carbonyl (C=O) groups is 1. The molecule has 0 aromatic rings. The summed E-state index contributed by atoms with van der Waals surface area (Å²) in [5, 5.41) is 9.72. The quantitative estimate of drug-likeness (QED) is 0.432. The van der Waals surface area contributed by atoms with E-state index in [1.54, 1.807) is 14.0 Å². The molecule has 164 valence electrons. The van der Waals surface area contributed by atoms with Crippen LogP contribution >= 0.6 is 0 Å². The molecule has 3 unspecified atom stereocenters. The predicted molar refractivity (Wildman–Crippen MR) is 115 cm³/mol. The number of guanidine groups is 1. The Morgan fingerprint density at radius 2 is 2.00 bits per heavy atom. The van der Waals surface area contributed by atoms with Crippen LogP contribution in [0.3, 0.4) is 0 Å². The Balaban J connectivity index is 2.56. The minimum absolute atomic E-state index is 0.0158. The average molecular weight is 399 g/mol. The number of rotatable bonds is 8. The summed E-state index contributed by atoms with van der Waals surface area (Å²) in [6.45, 7) is 15.4. The molecule has 3 atom stereocenters. The molecule has 0 aliphatic carbocycles. The maximum atomic E-state index is 11.8. The summed E-state index contributed by atoms with van der Waals surface area (Å²) >= 11 is 0. The van der Waals surface area contributed by atoms with Crippen LogP contribution in [-0.4, -0.2) is 57.5 Å². The highest BCUT2D eigenvalue weighted by atomic mass is 16.5. The second-order valence-electron chi connectivity index (χ2n) is 9.09. The Hall–Kier alpha value is -1.50. The maximum Gasteiger partial charge on any atom is 0.407 e. The van der Waals surface area contributed by atoms with Gasteiger partial charge in [0.2, 0.25) is 0 Å². The molecule has 1 aliphatic rings. The van der Waals surface area contributed by atoms with E-state index in [2.05, 4.69) is 55.6 Å². The number of amides is 1. The van der Waals surface area contributed by atoms with Crippen molar-refractivity contribution in [2.75, 3.05) is 33.4 Å². The summed E-state index contributed by atoms with van der Waals surface area (Å²) < 4.78 is 11.1. The SMILES string of the molecule is CCOC(=O)NC(CNC(=NC)NCC1CCCOC1C(C)(C)C)CC(C)C. The van der Waals surface area contributed by atoms with Gasteiger partial charge in [-0.25, -0.2) is 4.79 Å². The Bertz CT molecular complexity index is 489. The first kappa shape index (κ1) is 24.5. The average Bonchev–Trinajstić information content (AvgIpc) is 2.61. The fourth-order valence-corrected chi connectivity index (χ4v) is 3.78. The molecule has 1 rings (SSSR count). The van der Waals surface area contributed by atoms with E-state index < -0.39 is 0 Å². The van der Waals surface area contributed by atoms with Crippen LogP contribution in [0, 0.1) is 17.3 Å². The monoisotopic (exact) mass is 398 g/mol. The second kappa shape index (κ2) is 12.1. The molecule has 1 heterocycles. The van der Waals surface area contributed by atoms with Gasteiger partial charge in [0.05, 0.1) is 12.7 Å². The van der Waals surface area contributed by atoms with Gasteiger partial charge in [-0.2, -0.15) is 0 Å². The highest BCUT2D eigenvalue weighted by Gasteiger charge is 2.35. The van der Waals surface area contributed by atoms with E-state index in [1.807, 2.05) is 0 Å². The number of ether oxygens (including phenoxy) is 2. The second-order valence-corrected chi connectivity index (χ2v) is 9.09. The van der Waals surface area contributed by atoms with Crippen molar-refractivity contribution < 1.29 is 14.3 Å². The van der Waals surface area contributed by atoms with Gasteiger partial charge < -0.3 is 25.4 Å².